The minimum atomic E-state index is -2.57. The van der Waals surface area contributed by atoms with Crippen molar-refractivity contribution in [1.82, 2.24) is 19.9 Å². The number of hydrogen-bond donors (Lipinski definition) is 1. The molecule has 1 N–H and O–H groups in total. The Morgan fingerprint density at radius 3 is 2.88 bits per heavy atom. The van der Waals surface area contributed by atoms with Crippen molar-refractivity contribution in [1.29, 1.82) is 0 Å². The monoisotopic (exact) mass is 349 g/mol. The van der Waals surface area contributed by atoms with Gasteiger partial charge >= 0.3 is 0 Å². The van der Waals surface area contributed by atoms with Crippen molar-refractivity contribution in [3.63, 3.8) is 0 Å². The number of aromatic nitrogens is 4. The van der Waals surface area contributed by atoms with Gasteiger partial charge in [-0.15, -0.1) is 0 Å². The first kappa shape index (κ1) is 12.9. The highest BCUT2D eigenvalue weighted by Crippen LogP contribution is 2.25. The maximum absolute atomic E-state index is 12.7. The Balaban J connectivity index is 1.89. The van der Waals surface area contributed by atoms with E-state index >= 15 is 0 Å². The normalized spacial score (nSPS) is 14.7. The molecule has 1 unspecified atom stereocenters. The van der Waals surface area contributed by atoms with Gasteiger partial charge in [-0.3, -0.25) is 9.19 Å². The zero-order chi connectivity index (χ0) is 19.8. The molecule has 0 saturated carbocycles. The van der Waals surface area contributed by atoms with Crippen molar-refractivity contribution in [3.05, 3.63) is 35.2 Å². The van der Waals surface area contributed by atoms with Crippen molar-refractivity contribution < 1.29 is 17.8 Å². The van der Waals surface area contributed by atoms with Gasteiger partial charge in [-0.1, -0.05) is 0 Å². The van der Waals surface area contributed by atoms with Gasteiger partial charge in [0.25, 0.3) is 0 Å². The summed E-state index contributed by atoms with van der Waals surface area (Å²) in [6.07, 6.45) is 1.51. The molecule has 7 nitrogen and oxygen atoms in total. The number of hydrogen-bond acceptors (Lipinski definition) is 6. The van der Waals surface area contributed by atoms with Crippen LogP contribution in [-0.2, 0) is 16.6 Å². The van der Waals surface area contributed by atoms with E-state index < -0.39 is 17.8 Å². The lowest BCUT2D eigenvalue weighted by molar-refractivity contribution is 0.399. The quantitative estimate of drug-likeness (QED) is 0.760. The Morgan fingerprint density at radius 2 is 2.12 bits per heavy atom. The average Bonchev–Trinajstić information content (AvgIpc) is 3.03. The van der Waals surface area contributed by atoms with Crippen LogP contribution in [0, 0.1) is 13.8 Å². The zero-order valence-electron chi connectivity index (χ0n) is 16.4. The predicted octanol–water partition coefficient (Wildman–Crippen LogP) is 2.29. The van der Waals surface area contributed by atoms with Gasteiger partial charge in [-0.05, 0) is 19.9 Å². The Bertz CT molecular complexity index is 1020. The maximum Gasteiger partial charge on any atom is 0.215 e. The summed E-state index contributed by atoms with van der Waals surface area (Å²) in [5.41, 5.74) is 2.65. The number of nitrogens with zero attached hydrogens (tertiary/aromatic N) is 3. The largest absolute Gasteiger partial charge is 0.496 e. The molecule has 8 heteroatoms. The molecule has 0 aliphatic rings. The lowest BCUT2D eigenvalue weighted by atomic mass is 10.1. The van der Waals surface area contributed by atoms with E-state index in [1.54, 1.807) is 26.0 Å². The van der Waals surface area contributed by atoms with Gasteiger partial charge in [0.2, 0.25) is 5.88 Å². The van der Waals surface area contributed by atoms with Crippen LogP contribution in [0.4, 0.5) is 0 Å². The van der Waals surface area contributed by atoms with E-state index in [0.717, 1.165) is 0 Å². The summed E-state index contributed by atoms with van der Waals surface area (Å²) < 4.78 is 44.8. The molecular formula is C16H18N4O3S. The Labute approximate surface area is 146 Å². The molecule has 3 aromatic rings. The third kappa shape index (κ3) is 2.96. The van der Waals surface area contributed by atoms with Crippen LogP contribution in [-0.4, -0.2) is 38.3 Å². The van der Waals surface area contributed by atoms with E-state index in [1.807, 2.05) is 0 Å². The van der Waals surface area contributed by atoms with Crippen molar-refractivity contribution in [2.24, 2.45) is 0 Å². The van der Waals surface area contributed by atoms with Crippen molar-refractivity contribution in [2.45, 2.75) is 24.8 Å². The first-order chi connectivity index (χ1) is 12.7. The number of ether oxygens (including phenoxy) is 2. The number of nitrogens with one attached hydrogen (secondary N) is 1. The van der Waals surface area contributed by atoms with Gasteiger partial charge in [0.15, 0.2) is 10.8 Å². The number of methoxy groups -OCH3 is 2. The summed E-state index contributed by atoms with van der Waals surface area (Å²) in [7, 11) is -2.60. The second kappa shape index (κ2) is 6.56. The van der Waals surface area contributed by atoms with Crippen LogP contribution in [0.5, 0.6) is 11.6 Å². The molecular weight excluding hydrogens is 328 g/mol. The van der Waals surface area contributed by atoms with Crippen LogP contribution in [0.2, 0.25) is 0 Å². The molecule has 3 aromatic heterocycles. The molecule has 0 saturated heterocycles. The van der Waals surface area contributed by atoms with E-state index in [1.165, 1.54) is 13.3 Å². The van der Waals surface area contributed by atoms with Crippen molar-refractivity contribution in [2.75, 3.05) is 14.1 Å². The van der Waals surface area contributed by atoms with Crippen molar-refractivity contribution in [3.8, 4) is 11.6 Å². The number of imidazole rings is 1. The molecule has 0 aliphatic heterocycles. The highest BCUT2D eigenvalue weighted by Gasteiger charge is 2.16. The smallest absolute Gasteiger partial charge is 0.215 e. The summed E-state index contributed by atoms with van der Waals surface area (Å²) in [5, 5.41) is 0.255. The maximum atomic E-state index is 12.7. The van der Waals surface area contributed by atoms with Gasteiger partial charge < -0.3 is 14.5 Å². The van der Waals surface area contributed by atoms with E-state index in [4.69, 9.17) is 13.6 Å². The Morgan fingerprint density at radius 1 is 1.29 bits per heavy atom. The number of pyridine rings is 2. The lowest BCUT2D eigenvalue weighted by Crippen LogP contribution is -2.05. The summed E-state index contributed by atoms with van der Waals surface area (Å²) >= 11 is 0. The number of fused-ring (bicyclic) bond motifs is 1. The van der Waals surface area contributed by atoms with E-state index in [9.17, 15) is 4.21 Å². The minimum absolute atomic E-state index is 0.0560. The standard InChI is InChI=1S/C16H18N4O3S/c1-9-7-17-12(10(2)14(9)23-4)8-24(21)16-18-11-5-6-13(22-3)19-15(11)20-16/h5-7H,8H2,1-4H3,(H,18,19,20)/i4D3. The summed E-state index contributed by atoms with van der Waals surface area (Å²) in [6.45, 7) is 3.40. The highest BCUT2D eigenvalue weighted by molar-refractivity contribution is 7.84. The average molecular weight is 349 g/mol. The van der Waals surface area contributed by atoms with Crippen LogP contribution in [0.25, 0.3) is 11.2 Å². The molecule has 3 rings (SSSR count). The SMILES string of the molecule is [2H]C([2H])([2H])Oc1c(C)cnc(CS(=O)c2nc3nc(OC)ccc3[nH]2)c1C. The molecule has 0 spiro atoms. The molecule has 0 bridgehead atoms. The molecule has 0 fully saturated rings. The van der Waals surface area contributed by atoms with Gasteiger partial charge in [0.05, 0.1) is 46.0 Å². The van der Waals surface area contributed by atoms with E-state index in [0.29, 0.717) is 33.9 Å². The third-order valence-electron chi connectivity index (χ3n) is 3.64. The predicted molar refractivity (Wildman–Crippen MR) is 90.8 cm³/mol. The summed E-state index contributed by atoms with van der Waals surface area (Å²) in [5.74, 6) is 0.697. The lowest BCUT2D eigenvalue weighted by Gasteiger charge is -2.11. The first-order valence-corrected chi connectivity index (χ1v) is 8.43. The molecule has 0 aromatic carbocycles. The van der Waals surface area contributed by atoms with Crippen LogP contribution in [0.1, 0.15) is 20.9 Å². The molecule has 3 heterocycles. The summed E-state index contributed by atoms with van der Waals surface area (Å²) in [4.78, 5) is 15.7. The van der Waals surface area contributed by atoms with E-state index in [-0.39, 0.29) is 16.7 Å². The fourth-order valence-corrected chi connectivity index (χ4v) is 3.41. The van der Waals surface area contributed by atoms with Gasteiger partial charge in [0, 0.05) is 23.4 Å². The van der Waals surface area contributed by atoms with Crippen LogP contribution < -0.4 is 9.47 Å². The second-order valence-corrected chi connectivity index (χ2v) is 6.57. The van der Waals surface area contributed by atoms with E-state index in [2.05, 4.69) is 19.9 Å². The molecule has 1 atom stereocenters. The number of aryl methyl sites for hydroxylation is 1. The van der Waals surface area contributed by atoms with Gasteiger partial charge in [-0.25, -0.2) is 4.98 Å². The number of aromatic amines is 1. The first-order valence-electron chi connectivity index (χ1n) is 8.61. The van der Waals surface area contributed by atoms with Gasteiger partial charge in [0.1, 0.15) is 5.75 Å². The highest BCUT2D eigenvalue weighted by atomic mass is 32.2. The second-order valence-electron chi connectivity index (χ2n) is 5.20. The van der Waals surface area contributed by atoms with Crippen molar-refractivity contribution >= 4 is 22.0 Å². The Kier molecular flexibility index (Phi) is 3.52. The number of rotatable bonds is 5. The molecule has 126 valence electrons. The molecule has 24 heavy (non-hydrogen) atoms. The fourth-order valence-electron chi connectivity index (χ4n) is 2.33. The van der Waals surface area contributed by atoms with Crippen LogP contribution in [0.3, 0.4) is 0 Å². The van der Waals surface area contributed by atoms with Crippen LogP contribution >= 0.6 is 0 Å². The van der Waals surface area contributed by atoms with Crippen LogP contribution in [0.15, 0.2) is 23.5 Å². The molecule has 0 amide bonds. The number of H-pyrrole nitrogens is 1. The zero-order valence-corrected chi connectivity index (χ0v) is 14.2. The topological polar surface area (TPSA) is 90.0 Å². The minimum Gasteiger partial charge on any atom is -0.496 e. The Hall–Kier alpha value is -2.48. The fraction of sp³-hybridized carbons (Fsp3) is 0.312. The summed E-state index contributed by atoms with van der Waals surface area (Å²) in [6, 6.07) is 3.42. The third-order valence-corrected chi connectivity index (χ3v) is 4.80. The molecule has 0 radical (unpaired) electrons. The van der Waals surface area contributed by atoms with Gasteiger partial charge in [-0.2, -0.15) is 4.98 Å². The molecule has 0 aliphatic carbocycles.